The number of aryl methyl sites for hydroxylation is 1. The zero-order valence-corrected chi connectivity index (χ0v) is 17.1. The molecule has 0 bridgehead atoms. The van der Waals surface area contributed by atoms with Crippen LogP contribution in [-0.4, -0.2) is 24.9 Å². The Labute approximate surface area is 168 Å². The fraction of sp³-hybridized carbons (Fsp3) is 0.435. The fourth-order valence-electron chi connectivity index (χ4n) is 3.16. The third-order valence-electron chi connectivity index (χ3n) is 4.71. The molecule has 0 saturated carbocycles. The number of ether oxygens (including phenoxy) is 1. The summed E-state index contributed by atoms with van der Waals surface area (Å²) >= 11 is 0. The Kier molecular flexibility index (Phi) is 8.82. The van der Waals surface area contributed by atoms with Gasteiger partial charge in [0.05, 0.1) is 19.8 Å². The largest absolute Gasteiger partial charge is 0.496 e. The third kappa shape index (κ3) is 6.89. The smallest absolute Gasteiger partial charge is 0.319 e. The molecular weight excluding hydrogens is 352 g/mol. The maximum Gasteiger partial charge on any atom is 0.319 e. The van der Waals surface area contributed by atoms with Gasteiger partial charge in [-0.1, -0.05) is 57.0 Å². The van der Waals surface area contributed by atoms with Crippen molar-refractivity contribution in [3.8, 4) is 5.75 Å². The van der Waals surface area contributed by atoms with Gasteiger partial charge in [0.2, 0.25) is 0 Å². The van der Waals surface area contributed by atoms with Crippen molar-refractivity contribution >= 4 is 11.7 Å². The van der Waals surface area contributed by atoms with Gasteiger partial charge in [-0.25, -0.2) is 4.79 Å². The predicted octanol–water partition coefficient (Wildman–Crippen LogP) is 4.92. The summed E-state index contributed by atoms with van der Waals surface area (Å²) in [5.41, 5.74) is 2.66. The molecule has 28 heavy (non-hydrogen) atoms. The van der Waals surface area contributed by atoms with E-state index in [4.69, 9.17) is 4.74 Å². The van der Waals surface area contributed by atoms with Crippen molar-refractivity contribution in [1.82, 2.24) is 5.32 Å². The summed E-state index contributed by atoms with van der Waals surface area (Å²) in [6.45, 7) is 4.30. The Morgan fingerprint density at radius 1 is 1.11 bits per heavy atom. The number of anilines is 1. The lowest BCUT2D eigenvalue weighted by Crippen LogP contribution is -2.34. The van der Waals surface area contributed by atoms with Crippen LogP contribution in [0.3, 0.4) is 0 Å². The van der Waals surface area contributed by atoms with Gasteiger partial charge in [-0.2, -0.15) is 0 Å². The standard InChI is InChI=1S/C23H32N2O3/c1-17(2)9-7-8-12-19-15-20(13-14-22(19)28-3)24-23(27)25-21(16-26)18-10-5-4-6-11-18/h4-6,10-11,13-15,17,21,26H,7-9,12,16H2,1-3H3,(H2,24,25,27)/t21-/m0/s1. The molecule has 1 atom stereocenters. The summed E-state index contributed by atoms with van der Waals surface area (Å²) in [5.74, 6) is 1.55. The second-order valence-electron chi connectivity index (χ2n) is 7.41. The average molecular weight is 385 g/mol. The van der Waals surface area contributed by atoms with Gasteiger partial charge < -0.3 is 20.5 Å². The number of aliphatic hydroxyl groups is 1. The van der Waals surface area contributed by atoms with Gasteiger partial charge in [-0.3, -0.25) is 0 Å². The van der Waals surface area contributed by atoms with E-state index in [-0.39, 0.29) is 12.6 Å². The van der Waals surface area contributed by atoms with E-state index >= 15 is 0 Å². The second kappa shape index (κ2) is 11.3. The van der Waals surface area contributed by atoms with Gasteiger partial charge in [0.25, 0.3) is 0 Å². The van der Waals surface area contributed by atoms with Crippen LogP contribution in [0.15, 0.2) is 48.5 Å². The Balaban J connectivity index is 1.98. The van der Waals surface area contributed by atoms with Crippen LogP contribution >= 0.6 is 0 Å². The quantitative estimate of drug-likeness (QED) is 0.509. The average Bonchev–Trinajstić information content (AvgIpc) is 2.70. The first-order valence-electron chi connectivity index (χ1n) is 9.93. The number of benzene rings is 2. The zero-order valence-electron chi connectivity index (χ0n) is 17.1. The number of amides is 2. The molecule has 0 aliphatic rings. The predicted molar refractivity (Wildman–Crippen MR) is 114 cm³/mol. The van der Waals surface area contributed by atoms with E-state index in [1.807, 2.05) is 48.5 Å². The van der Waals surface area contributed by atoms with E-state index in [0.29, 0.717) is 11.6 Å². The van der Waals surface area contributed by atoms with Gasteiger partial charge in [-0.05, 0) is 48.1 Å². The van der Waals surface area contributed by atoms with Crippen molar-refractivity contribution in [2.24, 2.45) is 5.92 Å². The van der Waals surface area contributed by atoms with Gasteiger partial charge in [0, 0.05) is 5.69 Å². The van der Waals surface area contributed by atoms with Crippen LogP contribution < -0.4 is 15.4 Å². The molecule has 2 amide bonds. The van der Waals surface area contributed by atoms with Crippen LogP contribution in [0.25, 0.3) is 0 Å². The lowest BCUT2D eigenvalue weighted by Gasteiger charge is -2.18. The maximum atomic E-state index is 12.4. The molecule has 0 spiro atoms. The molecule has 0 heterocycles. The molecule has 0 fully saturated rings. The summed E-state index contributed by atoms with van der Waals surface area (Å²) < 4.78 is 5.46. The van der Waals surface area contributed by atoms with E-state index in [2.05, 4.69) is 24.5 Å². The number of methoxy groups -OCH3 is 1. The number of aliphatic hydroxyl groups excluding tert-OH is 1. The Morgan fingerprint density at radius 3 is 2.50 bits per heavy atom. The molecular formula is C23H32N2O3. The highest BCUT2D eigenvalue weighted by molar-refractivity contribution is 5.89. The van der Waals surface area contributed by atoms with E-state index in [1.165, 1.54) is 12.8 Å². The van der Waals surface area contributed by atoms with Crippen molar-refractivity contribution in [3.63, 3.8) is 0 Å². The van der Waals surface area contributed by atoms with Crippen molar-refractivity contribution in [2.45, 2.75) is 45.6 Å². The number of nitrogens with one attached hydrogen (secondary N) is 2. The highest BCUT2D eigenvalue weighted by Gasteiger charge is 2.14. The summed E-state index contributed by atoms with van der Waals surface area (Å²) in [6.07, 6.45) is 4.39. The topological polar surface area (TPSA) is 70.6 Å². The molecule has 0 aromatic heterocycles. The molecule has 2 rings (SSSR count). The van der Waals surface area contributed by atoms with Crippen LogP contribution in [0, 0.1) is 5.92 Å². The first-order chi connectivity index (χ1) is 13.5. The molecule has 0 radical (unpaired) electrons. The molecule has 152 valence electrons. The van der Waals surface area contributed by atoms with E-state index in [1.54, 1.807) is 7.11 Å². The zero-order chi connectivity index (χ0) is 20.4. The monoisotopic (exact) mass is 384 g/mol. The summed E-state index contributed by atoms with van der Waals surface area (Å²) in [6, 6.07) is 14.3. The minimum atomic E-state index is -0.449. The van der Waals surface area contributed by atoms with E-state index < -0.39 is 6.04 Å². The number of carbonyl (C=O) groups is 1. The number of rotatable bonds is 10. The van der Waals surface area contributed by atoms with Crippen LogP contribution in [-0.2, 0) is 6.42 Å². The molecule has 2 aromatic rings. The fourth-order valence-corrected chi connectivity index (χ4v) is 3.16. The number of urea groups is 1. The molecule has 5 heteroatoms. The Bertz CT molecular complexity index is 732. The maximum absolute atomic E-state index is 12.4. The molecule has 5 nitrogen and oxygen atoms in total. The number of carbonyl (C=O) groups excluding carboxylic acids is 1. The first kappa shape index (κ1) is 21.8. The molecule has 3 N–H and O–H groups in total. The van der Waals surface area contributed by atoms with Gasteiger partial charge >= 0.3 is 6.03 Å². The molecule has 0 saturated heterocycles. The molecule has 0 unspecified atom stereocenters. The molecule has 0 aliphatic carbocycles. The van der Waals surface area contributed by atoms with Gasteiger partial charge in [0.15, 0.2) is 0 Å². The number of hydrogen-bond acceptors (Lipinski definition) is 3. The van der Waals surface area contributed by atoms with Crippen molar-refractivity contribution in [2.75, 3.05) is 19.0 Å². The normalized spacial score (nSPS) is 11.9. The number of hydrogen-bond donors (Lipinski definition) is 3. The summed E-state index contributed by atoms with van der Waals surface area (Å²) in [7, 11) is 1.67. The first-order valence-corrected chi connectivity index (χ1v) is 9.93. The van der Waals surface area contributed by atoms with Crippen molar-refractivity contribution in [3.05, 3.63) is 59.7 Å². The van der Waals surface area contributed by atoms with Crippen LogP contribution in [0.1, 0.15) is 50.3 Å². The van der Waals surface area contributed by atoms with E-state index in [0.717, 1.165) is 29.7 Å². The van der Waals surface area contributed by atoms with Gasteiger partial charge in [0.1, 0.15) is 5.75 Å². The lowest BCUT2D eigenvalue weighted by atomic mass is 10.0. The van der Waals surface area contributed by atoms with Crippen molar-refractivity contribution in [1.29, 1.82) is 0 Å². The highest BCUT2D eigenvalue weighted by atomic mass is 16.5. The summed E-state index contributed by atoms with van der Waals surface area (Å²) in [4.78, 5) is 12.4. The number of unbranched alkanes of at least 4 members (excludes halogenated alkanes) is 1. The van der Waals surface area contributed by atoms with Crippen molar-refractivity contribution < 1.29 is 14.6 Å². The molecule has 0 aliphatic heterocycles. The Hall–Kier alpha value is -2.53. The third-order valence-corrected chi connectivity index (χ3v) is 4.71. The highest BCUT2D eigenvalue weighted by Crippen LogP contribution is 2.25. The van der Waals surface area contributed by atoms with Crippen LogP contribution in [0.2, 0.25) is 0 Å². The Morgan fingerprint density at radius 2 is 1.86 bits per heavy atom. The van der Waals surface area contributed by atoms with Crippen LogP contribution in [0.4, 0.5) is 10.5 Å². The molecule has 2 aromatic carbocycles. The van der Waals surface area contributed by atoms with E-state index in [9.17, 15) is 9.90 Å². The van der Waals surface area contributed by atoms with Crippen LogP contribution in [0.5, 0.6) is 5.75 Å². The summed E-state index contributed by atoms with van der Waals surface area (Å²) in [5, 5.41) is 15.3. The lowest BCUT2D eigenvalue weighted by molar-refractivity contribution is 0.225. The minimum Gasteiger partial charge on any atom is -0.496 e. The minimum absolute atomic E-state index is 0.166. The van der Waals surface area contributed by atoms with Gasteiger partial charge in [-0.15, -0.1) is 0 Å². The second-order valence-corrected chi connectivity index (χ2v) is 7.41. The SMILES string of the molecule is COc1ccc(NC(=O)N[C@@H](CO)c2ccccc2)cc1CCCCC(C)C.